The number of rotatable bonds is 3. The van der Waals surface area contributed by atoms with Gasteiger partial charge >= 0.3 is 0 Å². The van der Waals surface area contributed by atoms with Crippen molar-refractivity contribution in [3.8, 4) is 0 Å². The first-order valence-corrected chi connectivity index (χ1v) is 7.75. The maximum Gasteiger partial charge on any atom is 0.131 e. The van der Waals surface area contributed by atoms with E-state index < -0.39 is 5.67 Å². The van der Waals surface area contributed by atoms with Crippen molar-refractivity contribution in [2.75, 3.05) is 38.6 Å². The van der Waals surface area contributed by atoms with Gasteiger partial charge in [0.2, 0.25) is 0 Å². The first-order chi connectivity index (χ1) is 8.89. The van der Waals surface area contributed by atoms with E-state index in [1.54, 1.807) is 6.20 Å². The van der Waals surface area contributed by atoms with Gasteiger partial charge in [0.05, 0.1) is 9.26 Å². The Bertz CT molecular complexity index is 448. The number of pyridine rings is 1. The van der Waals surface area contributed by atoms with Crippen LogP contribution in [0.25, 0.3) is 0 Å². The monoisotopic (exact) mass is 397 g/mol. The van der Waals surface area contributed by atoms with Crippen molar-refractivity contribution < 1.29 is 4.39 Å². The first kappa shape index (κ1) is 15.3. The Balaban J connectivity index is 2.05. The molecule has 0 aromatic carbocycles. The van der Waals surface area contributed by atoms with Gasteiger partial charge < -0.3 is 9.80 Å². The summed E-state index contributed by atoms with van der Waals surface area (Å²) >= 11 is 8.18. The molecule has 1 aliphatic heterocycles. The fourth-order valence-corrected chi connectivity index (χ4v) is 3.31. The van der Waals surface area contributed by atoms with Crippen molar-refractivity contribution in [1.29, 1.82) is 0 Å². The minimum absolute atomic E-state index is 0.487. The van der Waals surface area contributed by atoms with Crippen molar-refractivity contribution in [2.45, 2.75) is 18.5 Å². The smallest absolute Gasteiger partial charge is 0.131 e. The molecule has 6 heteroatoms. The highest BCUT2D eigenvalue weighted by Gasteiger charge is 2.35. The normalized spacial score (nSPS) is 18.9. The van der Waals surface area contributed by atoms with E-state index in [2.05, 4.69) is 32.5 Å². The third-order valence-corrected chi connectivity index (χ3v) is 4.44. The Morgan fingerprint density at radius 3 is 2.68 bits per heavy atom. The van der Waals surface area contributed by atoms with E-state index in [1.165, 1.54) is 0 Å². The minimum atomic E-state index is -1.07. The largest absolute Gasteiger partial charge is 0.370 e. The zero-order valence-corrected chi connectivity index (χ0v) is 14.1. The van der Waals surface area contributed by atoms with Crippen LogP contribution in [0.2, 0.25) is 5.15 Å². The summed E-state index contributed by atoms with van der Waals surface area (Å²) in [5, 5.41) is 0.487. The maximum absolute atomic E-state index is 14.6. The molecule has 1 saturated heterocycles. The van der Waals surface area contributed by atoms with Gasteiger partial charge in [-0.15, -0.1) is 0 Å². The predicted molar refractivity (Wildman–Crippen MR) is 85.8 cm³/mol. The van der Waals surface area contributed by atoms with Crippen LogP contribution in [0.5, 0.6) is 0 Å². The number of hydrogen-bond acceptors (Lipinski definition) is 3. The van der Waals surface area contributed by atoms with Crippen LogP contribution in [0, 0.1) is 3.57 Å². The van der Waals surface area contributed by atoms with Crippen LogP contribution in [0.3, 0.4) is 0 Å². The number of alkyl halides is 1. The molecule has 0 atom stereocenters. The zero-order chi connectivity index (χ0) is 14.0. The highest BCUT2D eigenvalue weighted by Crippen LogP contribution is 2.32. The molecule has 0 bridgehead atoms. The second-order valence-electron chi connectivity index (χ2n) is 5.33. The Kier molecular flexibility index (Phi) is 4.89. The molecule has 0 radical (unpaired) electrons. The molecule has 19 heavy (non-hydrogen) atoms. The lowest BCUT2D eigenvalue weighted by Crippen LogP contribution is -2.47. The van der Waals surface area contributed by atoms with Gasteiger partial charge in [0.1, 0.15) is 10.8 Å². The van der Waals surface area contributed by atoms with Gasteiger partial charge in [-0.25, -0.2) is 9.37 Å². The Labute approximate surface area is 132 Å². The van der Waals surface area contributed by atoms with E-state index in [4.69, 9.17) is 11.6 Å². The molecule has 2 rings (SSSR count). The fourth-order valence-electron chi connectivity index (χ4n) is 2.52. The molecule has 0 saturated carbocycles. The summed E-state index contributed by atoms with van der Waals surface area (Å²) in [6.45, 7) is 1.94. The highest BCUT2D eigenvalue weighted by atomic mass is 127. The van der Waals surface area contributed by atoms with Crippen LogP contribution in [-0.2, 0) is 0 Å². The van der Waals surface area contributed by atoms with Crippen molar-refractivity contribution in [3.05, 3.63) is 21.0 Å². The molecule has 1 aromatic heterocycles. The van der Waals surface area contributed by atoms with Crippen LogP contribution in [0.1, 0.15) is 12.8 Å². The molecule has 106 valence electrons. The molecule has 0 N–H and O–H groups in total. The van der Waals surface area contributed by atoms with E-state index in [1.807, 2.05) is 25.1 Å². The average molecular weight is 398 g/mol. The summed E-state index contributed by atoms with van der Waals surface area (Å²) in [5.74, 6) is 0. The molecule has 0 unspecified atom stereocenters. The summed E-state index contributed by atoms with van der Waals surface area (Å²) in [5.41, 5.74) is -0.00470. The number of nitrogens with zero attached hydrogens (tertiary/aromatic N) is 3. The third kappa shape index (κ3) is 3.92. The number of halogens is 3. The second kappa shape index (κ2) is 6.10. The van der Waals surface area contributed by atoms with Gasteiger partial charge in [-0.2, -0.15) is 0 Å². The Morgan fingerprint density at radius 2 is 2.11 bits per heavy atom. The van der Waals surface area contributed by atoms with E-state index in [0.29, 0.717) is 24.5 Å². The summed E-state index contributed by atoms with van der Waals surface area (Å²) in [6.07, 6.45) is 2.87. The molecule has 0 aliphatic carbocycles. The van der Waals surface area contributed by atoms with E-state index in [-0.39, 0.29) is 0 Å². The van der Waals surface area contributed by atoms with Crippen LogP contribution in [-0.4, -0.2) is 49.3 Å². The molecule has 1 aromatic rings. The Hall–Kier alpha value is -0.140. The van der Waals surface area contributed by atoms with Crippen molar-refractivity contribution in [1.82, 2.24) is 9.88 Å². The Morgan fingerprint density at radius 1 is 1.47 bits per heavy atom. The van der Waals surface area contributed by atoms with Gasteiger partial charge in [-0.1, -0.05) is 11.6 Å². The van der Waals surface area contributed by atoms with Crippen LogP contribution in [0.4, 0.5) is 10.1 Å². The topological polar surface area (TPSA) is 19.4 Å². The summed E-state index contributed by atoms with van der Waals surface area (Å²) in [6, 6.07) is 1.86. The second-order valence-corrected chi connectivity index (χ2v) is 6.88. The predicted octanol–water partition coefficient (Wildman–Crippen LogP) is 3.21. The molecule has 1 fully saturated rings. The fraction of sp³-hybridized carbons (Fsp3) is 0.615. The number of piperidine rings is 1. The SMILES string of the molecule is CN(C)CC1(F)CCN(c2cc(Cl)ncc2I)CC1. The third-order valence-electron chi connectivity index (χ3n) is 3.40. The van der Waals surface area contributed by atoms with Gasteiger partial charge in [-0.3, -0.25) is 0 Å². The van der Waals surface area contributed by atoms with Crippen molar-refractivity contribution in [2.24, 2.45) is 0 Å². The minimum Gasteiger partial charge on any atom is -0.370 e. The number of hydrogen-bond donors (Lipinski definition) is 0. The lowest BCUT2D eigenvalue weighted by atomic mass is 9.92. The van der Waals surface area contributed by atoms with Crippen molar-refractivity contribution >= 4 is 39.9 Å². The van der Waals surface area contributed by atoms with Gasteiger partial charge in [0.25, 0.3) is 0 Å². The molecule has 2 heterocycles. The van der Waals surface area contributed by atoms with Gasteiger partial charge in [-0.05, 0) is 42.8 Å². The highest BCUT2D eigenvalue weighted by molar-refractivity contribution is 14.1. The zero-order valence-electron chi connectivity index (χ0n) is 11.2. The van der Waals surface area contributed by atoms with Gasteiger partial charge in [0, 0.05) is 38.7 Å². The lowest BCUT2D eigenvalue weighted by molar-refractivity contribution is 0.0880. The molecular weight excluding hydrogens is 380 g/mol. The van der Waals surface area contributed by atoms with Crippen molar-refractivity contribution in [3.63, 3.8) is 0 Å². The number of anilines is 1. The molecule has 1 aliphatic rings. The molecular formula is C13H18ClFIN3. The molecule has 0 spiro atoms. The quantitative estimate of drug-likeness (QED) is 0.577. The van der Waals surface area contributed by atoms with Crippen LogP contribution < -0.4 is 4.90 Å². The first-order valence-electron chi connectivity index (χ1n) is 6.29. The lowest BCUT2D eigenvalue weighted by Gasteiger charge is -2.39. The summed E-state index contributed by atoms with van der Waals surface area (Å²) in [7, 11) is 3.83. The average Bonchev–Trinajstić information content (AvgIpc) is 2.32. The summed E-state index contributed by atoms with van der Waals surface area (Å²) < 4.78 is 15.6. The molecule has 3 nitrogen and oxygen atoms in total. The number of aromatic nitrogens is 1. The standard InChI is InChI=1S/C13H18ClFIN3/c1-18(2)9-13(15)3-5-19(6-4-13)11-7-12(14)17-8-10(11)16/h7-8H,3-6,9H2,1-2H3. The van der Waals surface area contributed by atoms with E-state index >= 15 is 0 Å². The van der Waals surface area contributed by atoms with Crippen LogP contribution >= 0.6 is 34.2 Å². The van der Waals surface area contributed by atoms with Crippen LogP contribution in [0.15, 0.2) is 12.3 Å². The summed E-state index contributed by atoms with van der Waals surface area (Å²) in [4.78, 5) is 8.17. The van der Waals surface area contributed by atoms with E-state index in [9.17, 15) is 4.39 Å². The van der Waals surface area contributed by atoms with Gasteiger partial charge in [0.15, 0.2) is 0 Å². The maximum atomic E-state index is 14.6. The molecule has 0 amide bonds. The van der Waals surface area contributed by atoms with E-state index in [0.717, 1.165) is 22.3 Å².